The van der Waals surface area contributed by atoms with Gasteiger partial charge in [-0.1, -0.05) is 46.3 Å². The number of nitrogens with zero attached hydrogens (tertiary/aromatic N) is 1. The minimum Gasteiger partial charge on any atom is -0.343 e. The van der Waals surface area contributed by atoms with Gasteiger partial charge < -0.3 is 4.90 Å². The zero-order valence-electron chi connectivity index (χ0n) is 14.9. The number of benzene rings is 2. The van der Waals surface area contributed by atoms with Gasteiger partial charge in [0.25, 0.3) is 0 Å². The van der Waals surface area contributed by atoms with Crippen LogP contribution in [0.5, 0.6) is 0 Å². The Bertz CT molecular complexity index is 820. The average molecular weight is 439 g/mol. The van der Waals surface area contributed by atoms with Crippen molar-refractivity contribution in [2.75, 3.05) is 13.1 Å². The van der Waals surface area contributed by atoms with Gasteiger partial charge in [-0.15, -0.1) is 0 Å². The summed E-state index contributed by atoms with van der Waals surface area (Å²) in [4.78, 5) is 14.4. The molecule has 2 aromatic carbocycles. The second kappa shape index (κ2) is 9.30. The zero-order chi connectivity index (χ0) is 19.2. The molecule has 1 atom stereocenters. The summed E-state index contributed by atoms with van der Waals surface area (Å²) in [6.45, 7) is 5.00. The average Bonchev–Trinajstić information content (AvgIpc) is 2.63. The highest BCUT2D eigenvalue weighted by atomic mass is 79.9. The predicted octanol–water partition coefficient (Wildman–Crippen LogP) is 3.73. The van der Waals surface area contributed by atoms with Crippen LogP contribution in [0, 0.1) is 0 Å². The Labute approximate surface area is 163 Å². The van der Waals surface area contributed by atoms with E-state index in [2.05, 4.69) is 20.7 Å². The molecule has 1 unspecified atom stereocenters. The number of nitrogens with one attached hydrogen (secondary N) is 1. The van der Waals surface area contributed by atoms with E-state index in [0.717, 1.165) is 10.0 Å². The molecule has 0 aliphatic rings. The van der Waals surface area contributed by atoms with E-state index in [-0.39, 0.29) is 17.2 Å². The highest BCUT2D eigenvalue weighted by Gasteiger charge is 2.25. The van der Waals surface area contributed by atoms with Crippen molar-refractivity contribution in [1.29, 1.82) is 0 Å². The molecule has 2 aromatic rings. The standard InChI is InChI=1S/C19H23BrN2O3S/c1-3-22(4-2)19(23)14-18(15-8-6-5-7-9-15)21-26(24,25)17-12-10-16(20)11-13-17/h5-13,18,21H,3-4,14H2,1-2H3. The molecule has 0 saturated carbocycles. The number of amides is 1. The summed E-state index contributed by atoms with van der Waals surface area (Å²) < 4.78 is 29.0. The van der Waals surface area contributed by atoms with E-state index in [1.807, 2.05) is 44.2 Å². The lowest BCUT2D eigenvalue weighted by Crippen LogP contribution is -2.36. The topological polar surface area (TPSA) is 66.5 Å². The molecule has 5 nitrogen and oxygen atoms in total. The van der Waals surface area contributed by atoms with Gasteiger partial charge >= 0.3 is 0 Å². The summed E-state index contributed by atoms with van der Waals surface area (Å²) in [5.41, 5.74) is 0.758. The minimum absolute atomic E-state index is 0.0709. The SMILES string of the molecule is CCN(CC)C(=O)CC(NS(=O)(=O)c1ccc(Br)cc1)c1ccccc1. The fourth-order valence-corrected chi connectivity index (χ4v) is 4.15. The Hall–Kier alpha value is -1.70. The molecule has 0 saturated heterocycles. The third kappa shape index (κ3) is 5.40. The van der Waals surface area contributed by atoms with Crippen LogP contribution in [0.1, 0.15) is 31.9 Å². The molecule has 0 spiro atoms. The monoisotopic (exact) mass is 438 g/mol. The Morgan fingerprint density at radius 2 is 1.62 bits per heavy atom. The van der Waals surface area contributed by atoms with Crippen molar-refractivity contribution in [3.63, 3.8) is 0 Å². The number of sulfonamides is 1. The van der Waals surface area contributed by atoms with Crippen LogP contribution in [0.25, 0.3) is 0 Å². The molecule has 0 aliphatic heterocycles. The van der Waals surface area contributed by atoms with Crippen LogP contribution < -0.4 is 4.72 Å². The maximum atomic E-state index is 12.8. The van der Waals surface area contributed by atoms with Crippen molar-refractivity contribution >= 4 is 31.9 Å². The second-order valence-corrected chi connectivity index (χ2v) is 8.44. The van der Waals surface area contributed by atoms with Gasteiger partial charge in [-0.25, -0.2) is 13.1 Å². The molecule has 26 heavy (non-hydrogen) atoms. The Balaban J connectivity index is 2.29. The summed E-state index contributed by atoms with van der Waals surface area (Å²) in [5.74, 6) is -0.0811. The Morgan fingerprint density at radius 1 is 1.04 bits per heavy atom. The maximum Gasteiger partial charge on any atom is 0.241 e. The normalized spacial score (nSPS) is 12.6. The quantitative estimate of drug-likeness (QED) is 0.682. The van der Waals surface area contributed by atoms with Gasteiger partial charge in [0.15, 0.2) is 0 Å². The molecule has 0 aromatic heterocycles. The van der Waals surface area contributed by atoms with Crippen molar-refractivity contribution in [2.24, 2.45) is 0 Å². The summed E-state index contributed by atoms with van der Waals surface area (Å²) >= 11 is 3.30. The third-order valence-electron chi connectivity index (χ3n) is 4.12. The number of carbonyl (C=O) groups is 1. The van der Waals surface area contributed by atoms with Crippen LogP contribution in [-0.4, -0.2) is 32.3 Å². The van der Waals surface area contributed by atoms with Crippen LogP contribution >= 0.6 is 15.9 Å². The van der Waals surface area contributed by atoms with Crippen molar-refractivity contribution in [3.05, 3.63) is 64.6 Å². The molecule has 7 heteroatoms. The smallest absolute Gasteiger partial charge is 0.241 e. The van der Waals surface area contributed by atoms with Gasteiger partial charge in [-0.05, 0) is 43.7 Å². The first-order valence-electron chi connectivity index (χ1n) is 8.48. The van der Waals surface area contributed by atoms with Crippen LogP contribution in [0.3, 0.4) is 0 Å². The molecule has 0 fully saturated rings. The molecular weight excluding hydrogens is 416 g/mol. The molecule has 0 heterocycles. The number of hydrogen-bond donors (Lipinski definition) is 1. The van der Waals surface area contributed by atoms with Gasteiger partial charge in [0.1, 0.15) is 0 Å². The highest BCUT2D eigenvalue weighted by molar-refractivity contribution is 9.10. The van der Waals surface area contributed by atoms with Crippen molar-refractivity contribution in [2.45, 2.75) is 31.2 Å². The number of carbonyl (C=O) groups excluding carboxylic acids is 1. The van der Waals surface area contributed by atoms with Crippen LogP contribution in [0.4, 0.5) is 0 Å². The molecule has 0 radical (unpaired) electrons. The summed E-state index contributed by atoms with van der Waals surface area (Å²) in [6, 6.07) is 14.9. The van der Waals surface area contributed by atoms with Gasteiger partial charge in [0, 0.05) is 24.0 Å². The second-order valence-electron chi connectivity index (χ2n) is 5.81. The summed E-state index contributed by atoms with van der Waals surface area (Å²) in [5, 5.41) is 0. The van der Waals surface area contributed by atoms with Gasteiger partial charge in [-0.2, -0.15) is 0 Å². The maximum absolute atomic E-state index is 12.8. The van der Waals surface area contributed by atoms with E-state index in [1.165, 1.54) is 12.1 Å². The lowest BCUT2D eigenvalue weighted by atomic mass is 10.0. The molecule has 1 amide bonds. The number of hydrogen-bond acceptors (Lipinski definition) is 3. The summed E-state index contributed by atoms with van der Waals surface area (Å²) in [6.07, 6.45) is 0.0709. The van der Waals surface area contributed by atoms with Crippen LogP contribution in [0.15, 0.2) is 64.0 Å². The Kier molecular flexibility index (Phi) is 7.37. The number of halogens is 1. The molecular formula is C19H23BrN2O3S. The molecule has 0 bridgehead atoms. The van der Waals surface area contributed by atoms with Crippen molar-refractivity contribution in [1.82, 2.24) is 9.62 Å². The molecule has 0 aliphatic carbocycles. The molecule has 2 rings (SSSR count). The van der Waals surface area contributed by atoms with E-state index in [4.69, 9.17) is 0 Å². The third-order valence-corrected chi connectivity index (χ3v) is 6.13. The lowest BCUT2D eigenvalue weighted by molar-refractivity contribution is -0.131. The fourth-order valence-electron chi connectivity index (χ4n) is 2.66. The van der Waals surface area contributed by atoms with Crippen LogP contribution in [0.2, 0.25) is 0 Å². The fraction of sp³-hybridized carbons (Fsp3) is 0.316. The van der Waals surface area contributed by atoms with Crippen molar-refractivity contribution < 1.29 is 13.2 Å². The first-order chi connectivity index (χ1) is 12.4. The Morgan fingerprint density at radius 3 is 2.15 bits per heavy atom. The lowest BCUT2D eigenvalue weighted by Gasteiger charge is -2.24. The van der Waals surface area contributed by atoms with E-state index < -0.39 is 16.1 Å². The van der Waals surface area contributed by atoms with Gasteiger partial charge in [0.05, 0.1) is 10.9 Å². The van der Waals surface area contributed by atoms with E-state index in [1.54, 1.807) is 17.0 Å². The minimum atomic E-state index is -3.75. The molecule has 140 valence electrons. The van der Waals surface area contributed by atoms with Crippen LogP contribution in [-0.2, 0) is 14.8 Å². The van der Waals surface area contributed by atoms with E-state index in [9.17, 15) is 13.2 Å². The van der Waals surface area contributed by atoms with E-state index >= 15 is 0 Å². The first kappa shape index (κ1) is 20.6. The van der Waals surface area contributed by atoms with E-state index in [0.29, 0.717) is 13.1 Å². The zero-order valence-corrected chi connectivity index (χ0v) is 17.3. The van der Waals surface area contributed by atoms with Gasteiger partial charge in [-0.3, -0.25) is 4.79 Å². The number of rotatable bonds is 8. The molecule has 1 N–H and O–H groups in total. The summed E-state index contributed by atoms with van der Waals surface area (Å²) in [7, 11) is -3.75. The highest BCUT2D eigenvalue weighted by Crippen LogP contribution is 2.22. The first-order valence-corrected chi connectivity index (χ1v) is 10.8. The predicted molar refractivity (Wildman–Crippen MR) is 106 cm³/mol. The van der Waals surface area contributed by atoms with Crippen molar-refractivity contribution in [3.8, 4) is 0 Å². The largest absolute Gasteiger partial charge is 0.343 e. The van der Waals surface area contributed by atoms with Gasteiger partial charge in [0.2, 0.25) is 15.9 Å².